The monoisotopic (exact) mass is 308 g/mol. The summed E-state index contributed by atoms with van der Waals surface area (Å²) in [5.74, 6) is -1.01. The molecule has 0 unspecified atom stereocenters. The molecule has 0 bridgehead atoms. The zero-order chi connectivity index (χ0) is 16.6. The Kier molecular flexibility index (Phi) is 3.62. The second-order valence-electron chi connectivity index (χ2n) is 5.47. The second kappa shape index (κ2) is 5.61. The third-order valence-electron chi connectivity index (χ3n) is 3.66. The Bertz CT molecular complexity index is 897. The van der Waals surface area contributed by atoms with Crippen molar-refractivity contribution in [3.05, 3.63) is 65.4 Å². The summed E-state index contributed by atoms with van der Waals surface area (Å²) >= 11 is 0. The number of aromatic nitrogens is 2. The molecule has 0 amide bonds. The summed E-state index contributed by atoms with van der Waals surface area (Å²) < 4.78 is 1.33. The summed E-state index contributed by atoms with van der Waals surface area (Å²) in [7, 11) is 0. The highest BCUT2D eigenvalue weighted by atomic mass is 16.4. The first-order chi connectivity index (χ1) is 11.0. The lowest BCUT2D eigenvalue weighted by Gasteiger charge is -2.05. The Morgan fingerprint density at radius 1 is 1.09 bits per heavy atom. The van der Waals surface area contributed by atoms with Crippen LogP contribution in [0.1, 0.15) is 21.6 Å². The topological polar surface area (TPSA) is 75.3 Å². The molecule has 23 heavy (non-hydrogen) atoms. The smallest absolute Gasteiger partial charge is 0.354 e. The molecule has 0 aliphatic carbocycles. The molecule has 116 valence electrons. The molecule has 0 radical (unpaired) electrons. The second-order valence-corrected chi connectivity index (χ2v) is 5.47. The minimum atomic E-state index is -1.07. The van der Waals surface area contributed by atoms with Crippen LogP contribution in [-0.2, 0) is 0 Å². The molecule has 5 nitrogen and oxygen atoms in total. The Hall–Kier alpha value is -3.08. The van der Waals surface area contributed by atoms with E-state index in [0.717, 1.165) is 16.7 Å². The molecule has 2 aromatic carbocycles. The van der Waals surface area contributed by atoms with Crippen molar-refractivity contribution in [1.82, 2.24) is 9.78 Å². The van der Waals surface area contributed by atoms with Gasteiger partial charge in [0.05, 0.1) is 11.4 Å². The lowest BCUT2D eigenvalue weighted by atomic mass is 10.0. The van der Waals surface area contributed by atoms with Crippen molar-refractivity contribution in [2.24, 2.45) is 0 Å². The van der Waals surface area contributed by atoms with E-state index in [9.17, 15) is 15.0 Å². The van der Waals surface area contributed by atoms with Crippen molar-refractivity contribution in [3.63, 3.8) is 0 Å². The number of hydrogen-bond donors (Lipinski definition) is 2. The fraction of sp³-hybridized carbons (Fsp3) is 0.111. The third-order valence-corrected chi connectivity index (χ3v) is 3.66. The van der Waals surface area contributed by atoms with Gasteiger partial charge in [0.25, 0.3) is 0 Å². The normalized spacial score (nSPS) is 10.7. The van der Waals surface area contributed by atoms with E-state index in [1.807, 2.05) is 32.0 Å². The number of phenols is 1. The van der Waals surface area contributed by atoms with Gasteiger partial charge >= 0.3 is 5.97 Å². The van der Waals surface area contributed by atoms with Crippen LogP contribution >= 0.6 is 0 Å². The number of aryl methyl sites for hydroxylation is 2. The molecule has 0 fully saturated rings. The molecule has 0 aliphatic rings. The molecule has 0 atom stereocenters. The molecule has 3 aromatic rings. The van der Waals surface area contributed by atoms with Gasteiger partial charge in [-0.1, -0.05) is 29.8 Å². The molecule has 2 N–H and O–H groups in total. The summed E-state index contributed by atoms with van der Waals surface area (Å²) in [6.07, 6.45) is 0. The van der Waals surface area contributed by atoms with E-state index in [4.69, 9.17) is 0 Å². The van der Waals surface area contributed by atoms with Crippen LogP contribution in [0.15, 0.2) is 48.5 Å². The number of hydrogen-bond acceptors (Lipinski definition) is 3. The number of phenolic OH excluding ortho intramolecular Hbond substituents is 1. The number of nitrogens with zero attached hydrogens (tertiary/aromatic N) is 2. The minimum Gasteiger partial charge on any atom is -0.508 e. The van der Waals surface area contributed by atoms with Gasteiger partial charge in [-0.2, -0.15) is 5.10 Å². The first-order valence-corrected chi connectivity index (χ1v) is 7.16. The minimum absolute atomic E-state index is 0.0468. The molecule has 1 heterocycles. The molecule has 3 rings (SSSR count). The van der Waals surface area contributed by atoms with E-state index < -0.39 is 5.97 Å². The van der Waals surface area contributed by atoms with Gasteiger partial charge in [-0.25, -0.2) is 9.48 Å². The van der Waals surface area contributed by atoms with E-state index in [1.54, 1.807) is 18.2 Å². The number of benzene rings is 2. The van der Waals surface area contributed by atoms with Gasteiger partial charge in [-0.15, -0.1) is 0 Å². The van der Waals surface area contributed by atoms with Crippen molar-refractivity contribution in [2.45, 2.75) is 13.8 Å². The van der Waals surface area contributed by atoms with Crippen LogP contribution in [0, 0.1) is 13.8 Å². The molecular weight excluding hydrogens is 292 g/mol. The van der Waals surface area contributed by atoms with Crippen LogP contribution in [0.25, 0.3) is 16.9 Å². The van der Waals surface area contributed by atoms with Crippen molar-refractivity contribution >= 4 is 5.97 Å². The van der Waals surface area contributed by atoms with Crippen molar-refractivity contribution in [3.8, 4) is 22.7 Å². The molecular formula is C18H16N2O3. The summed E-state index contributed by atoms with van der Waals surface area (Å²) in [6, 6.07) is 13.8. The van der Waals surface area contributed by atoms with Gasteiger partial charge in [-0.3, -0.25) is 0 Å². The van der Waals surface area contributed by atoms with Gasteiger partial charge in [-0.05, 0) is 37.6 Å². The van der Waals surface area contributed by atoms with Gasteiger partial charge in [0.15, 0.2) is 5.69 Å². The molecule has 0 saturated carbocycles. The number of carboxylic acids is 1. The first kappa shape index (κ1) is 14.8. The Morgan fingerprint density at radius 3 is 2.52 bits per heavy atom. The van der Waals surface area contributed by atoms with Gasteiger partial charge in [0.2, 0.25) is 0 Å². The number of rotatable bonds is 3. The largest absolute Gasteiger partial charge is 0.508 e. The average molecular weight is 308 g/mol. The average Bonchev–Trinajstić information content (AvgIpc) is 2.92. The fourth-order valence-corrected chi connectivity index (χ4v) is 2.59. The number of carbonyl (C=O) groups is 1. The fourth-order valence-electron chi connectivity index (χ4n) is 2.59. The van der Waals surface area contributed by atoms with Crippen molar-refractivity contribution in [1.29, 1.82) is 0 Å². The maximum atomic E-state index is 11.5. The molecule has 5 heteroatoms. The van der Waals surface area contributed by atoms with E-state index in [1.165, 1.54) is 16.8 Å². The number of carboxylic acid groups (broad SMARTS) is 1. The van der Waals surface area contributed by atoms with Crippen LogP contribution in [-0.4, -0.2) is 26.0 Å². The van der Waals surface area contributed by atoms with Crippen molar-refractivity contribution < 1.29 is 15.0 Å². The quantitative estimate of drug-likeness (QED) is 0.775. The van der Waals surface area contributed by atoms with Crippen LogP contribution in [0.2, 0.25) is 0 Å². The Balaban J connectivity index is 2.18. The summed E-state index contributed by atoms with van der Waals surface area (Å²) in [6.45, 7) is 3.97. The highest BCUT2D eigenvalue weighted by molar-refractivity contribution is 5.88. The maximum Gasteiger partial charge on any atom is 0.354 e. The van der Waals surface area contributed by atoms with Crippen LogP contribution in [0.5, 0.6) is 5.75 Å². The zero-order valence-electron chi connectivity index (χ0n) is 12.8. The third kappa shape index (κ3) is 2.81. The van der Waals surface area contributed by atoms with Crippen LogP contribution in [0.4, 0.5) is 0 Å². The summed E-state index contributed by atoms with van der Waals surface area (Å²) in [4.78, 5) is 11.5. The Morgan fingerprint density at radius 2 is 1.87 bits per heavy atom. The lowest BCUT2D eigenvalue weighted by molar-refractivity contribution is 0.0687. The highest BCUT2D eigenvalue weighted by Gasteiger charge is 2.17. The van der Waals surface area contributed by atoms with E-state index in [2.05, 4.69) is 5.10 Å². The molecule has 0 aliphatic heterocycles. The Labute approximate surface area is 133 Å². The summed E-state index contributed by atoms with van der Waals surface area (Å²) in [5, 5.41) is 23.5. The van der Waals surface area contributed by atoms with E-state index in [0.29, 0.717) is 11.4 Å². The standard InChI is InChI=1S/C18H16N2O3/c1-11-6-7-15(12(2)8-11)16-10-17(18(22)23)20(19-16)13-4-3-5-14(21)9-13/h3-10,21H,1-2H3,(H,22,23). The summed E-state index contributed by atoms with van der Waals surface area (Å²) in [5.41, 5.74) is 4.18. The molecule has 0 spiro atoms. The maximum absolute atomic E-state index is 11.5. The van der Waals surface area contributed by atoms with Crippen LogP contribution in [0.3, 0.4) is 0 Å². The molecule has 1 aromatic heterocycles. The zero-order valence-corrected chi connectivity index (χ0v) is 12.8. The predicted octanol–water partition coefficient (Wildman–Crippen LogP) is 3.56. The number of aromatic hydroxyl groups is 1. The van der Waals surface area contributed by atoms with Gasteiger partial charge in [0, 0.05) is 11.6 Å². The first-order valence-electron chi connectivity index (χ1n) is 7.16. The van der Waals surface area contributed by atoms with E-state index >= 15 is 0 Å². The van der Waals surface area contributed by atoms with Gasteiger partial charge < -0.3 is 10.2 Å². The lowest BCUT2D eigenvalue weighted by Crippen LogP contribution is -2.07. The van der Waals surface area contributed by atoms with E-state index in [-0.39, 0.29) is 11.4 Å². The van der Waals surface area contributed by atoms with Crippen molar-refractivity contribution in [2.75, 3.05) is 0 Å². The van der Waals surface area contributed by atoms with Gasteiger partial charge in [0.1, 0.15) is 5.75 Å². The SMILES string of the molecule is Cc1ccc(-c2cc(C(=O)O)n(-c3cccc(O)c3)n2)c(C)c1. The van der Waals surface area contributed by atoms with Crippen LogP contribution < -0.4 is 0 Å². The molecule has 0 saturated heterocycles. The predicted molar refractivity (Wildman–Crippen MR) is 87.1 cm³/mol. The number of aromatic carboxylic acids is 1. The highest BCUT2D eigenvalue weighted by Crippen LogP contribution is 2.26.